The maximum absolute atomic E-state index is 13.9. The molecule has 7 nitrogen and oxygen atoms in total. The highest BCUT2D eigenvalue weighted by Gasteiger charge is 2.31. The molecule has 0 saturated carbocycles. The van der Waals surface area contributed by atoms with Crippen LogP contribution < -0.4 is 9.62 Å². The number of benzene rings is 3. The lowest BCUT2D eigenvalue weighted by molar-refractivity contribution is -0.141. The molecule has 0 heterocycles. The highest BCUT2D eigenvalue weighted by Crippen LogP contribution is 2.21. The van der Waals surface area contributed by atoms with E-state index in [1.807, 2.05) is 81.4 Å². The molecule has 3 aromatic rings. The molecule has 9 heteroatoms. The number of halogens is 1. The van der Waals surface area contributed by atoms with Gasteiger partial charge in [-0.05, 0) is 67.6 Å². The summed E-state index contributed by atoms with van der Waals surface area (Å²) in [6, 6.07) is 23.3. The van der Waals surface area contributed by atoms with Crippen LogP contribution in [0.2, 0.25) is 5.02 Å². The van der Waals surface area contributed by atoms with Crippen LogP contribution in [0.1, 0.15) is 49.8 Å². The molecule has 0 saturated heterocycles. The number of amides is 2. The van der Waals surface area contributed by atoms with E-state index in [0.717, 1.165) is 23.1 Å². The summed E-state index contributed by atoms with van der Waals surface area (Å²) in [5.41, 5.74) is 3.29. The molecule has 0 fully saturated rings. The van der Waals surface area contributed by atoms with Crippen LogP contribution >= 0.6 is 11.6 Å². The first kappa shape index (κ1) is 32.2. The van der Waals surface area contributed by atoms with E-state index in [4.69, 9.17) is 11.6 Å². The normalized spacial score (nSPS) is 12.8. The van der Waals surface area contributed by atoms with Gasteiger partial charge in [0.1, 0.15) is 6.04 Å². The molecule has 0 aliphatic rings. The monoisotopic (exact) mass is 597 g/mol. The average Bonchev–Trinajstić information content (AvgIpc) is 2.93. The fraction of sp³-hybridized carbons (Fsp3) is 0.375. The molecule has 0 aliphatic heterocycles. The van der Waals surface area contributed by atoms with Crippen molar-refractivity contribution >= 4 is 39.1 Å². The summed E-state index contributed by atoms with van der Waals surface area (Å²) in [6.45, 7) is 6.20. The van der Waals surface area contributed by atoms with E-state index in [0.29, 0.717) is 23.6 Å². The van der Waals surface area contributed by atoms with Gasteiger partial charge in [-0.25, -0.2) is 8.42 Å². The lowest BCUT2D eigenvalue weighted by atomic mass is 10.0. The van der Waals surface area contributed by atoms with Crippen molar-refractivity contribution in [3.05, 3.63) is 101 Å². The molecule has 0 spiro atoms. The van der Waals surface area contributed by atoms with Gasteiger partial charge in [0.2, 0.25) is 21.8 Å². The fourth-order valence-corrected chi connectivity index (χ4v) is 5.65. The smallest absolute Gasteiger partial charge is 0.243 e. The summed E-state index contributed by atoms with van der Waals surface area (Å²) in [7, 11) is -3.56. The van der Waals surface area contributed by atoms with Crippen LogP contribution in [0, 0.1) is 6.92 Å². The summed E-state index contributed by atoms with van der Waals surface area (Å²) in [5.74, 6) is -0.444. The van der Waals surface area contributed by atoms with Crippen molar-refractivity contribution in [2.24, 2.45) is 0 Å². The summed E-state index contributed by atoms with van der Waals surface area (Å²) in [6.07, 6.45) is 2.64. The van der Waals surface area contributed by atoms with Crippen molar-refractivity contribution in [2.45, 2.75) is 65.1 Å². The van der Waals surface area contributed by atoms with Crippen molar-refractivity contribution in [1.29, 1.82) is 0 Å². The molecule has 0 unspecified atom stereocenters. The molecular weight excluding hydrogens is 558 g/mol. The van der Waals surface area contributed by atoms with Gasteiger partial charge >= 0.3 is 0 Å². The van der Waals surface area contributed by atoms with Gasteiger partial charge in [0.05, 0.1) is 11.9 Å². The van der Waals surface area contributed by atoms with E-state index < -0.39 is 16.1 Å². The standard InChI is InChI=1S/C32H40ClN3O4S/c1-5-25(3)34-32(38)30(22-26-12-7-6-8-13-26)35(23-27-16-18-28(33)19-17-27)31(37)15-10-20-36(41(4,39)40)29-14-9-11-24(2)21-29/h6-9,11-14,16-19,21,25,30H,5,10,15,20,22-23H2,1-4H3,(H,34,38)/t25-,30-/m1/s1. The minimum absolute atomic E-state index is 0.0501. The van der Waals surface area contributed by atoms with Gasteiger partial charge in [-0.15, -0.1) is 0 Å². The van der Waals surface area contributed by atoms with Crippen LogP contribution in [0.5, 0.6) is 0 Å². The van der Waals surface area contributed by atoms with Gasteiger partial charge in [-0.1, -0.05) is 73.1 Å². The highest BCUT2D eigenvalue weighted by molar-refractivity contribution is 7.92. The van der Waals surface area contributed by atoms with Crippen molar-refractivity contribution < 1.29 is 18.0 Å². The second-order valence-electron chi connectivity index (χ2n) is 10.4. The molecule has 220 valence electrons. The molecule has 0 bridgehead atoms. The topological polar surface area (TPSA) is 86.8 Å². The maximum atomic E-state index is 13.9. The third-order valence-corrected chi connectivity index (χ3v) is 8.43. The zero-order valence-corrected chi connectivity index (χ0v) is 25.8. The molecule has 2 atom stereocenters. The predicted octanol–water partition coefficient (Wildman–Crippen LogP) is 5.75. The van der Waals surface area contributed by atoms with Gasteiger partial charge in [0, 0.05) is 37.0 Å². The fourth-order valence-electron chi connectivity index (χ4n) is 4.57. The second-order valence-corrected chi connectivity index (χ2v) is 12.8. The Morgan fingerprint density at radius 1 is 0.951 bits per heavy atom. The zero-order valence-electron chi connectivity index (χ0n) is 24.2. The lowest BCUT2D eigenvalue weighted by Crippen LogP contribution is -2.52. The molecule has 0 radical (unpaired) electrons. The number of hydrogen-bond donors (Lipinski definition) is 1. The molecule has 3 rings (SSSR count). The molecule has 1 N–H and O–H groups in total. The Balaban J connectivity index is 1.89. The Bertz CT molecular complexity index is 1400. The average molecular weight is 598 g/mol. The molecular formula is C32H40ClN3O4S. The van der Waals surface area contributed by atoms with Gasteiger partial charge in [-0.3, -0.25) is 13.9 Å². The van der Waals surface area contributed by atoms with Gasteiger partial charge < -0.3 is 10.2 Å². The quantitative estimate of drug-likeness (QED) is 0.256. The second kappa shape index (κ2) is 15.0. The summed E-state index contributed by atoms with van der Waals surface area (Å²) in [4.78, 5) is 29.1. The number of hydrogen-bond acceptors (Lipinski definition) is 4. The molecule has 3 aromatic carbocycles. The molecule has 41 heavy (non-hydrogen) atoms. The Morgan fingerprint density at radius 3 is 2.24 bits per heavy atom. The summed E-state index contributed by atoms with van der Waals surface area (Å²) >= 11 is 6.10. The van der Waals surface area contributed by atoms with Crippen LogP contribution in [0.15, 0.2) is 78.9 Å². The number of carbonyl (C=O) groups is 2. The first-order valence-electron chi connectivity index (χ1n) is 13.9. The Morgan fingerprint density at radius 2 is 1.63 bits per heavy atom. The van der Waals surface area contributed by atoms with Crippen molar-refractivity contribution in [2.75, 3.05) is 17.1 Å². The third-order valence-electron chi connectivity index (χ3n) is 6.98. The largest absolute Gasteiger partial charge is 0.352 e. The first-order chi connectivity index (χ1) is 19.5. The minimum atomic E-state index is -3.56. The minimum Gasteiger partial charge on any atom is -0.352 e. The van der Waals surface area contributed by atoms with E-state index in [1.165, 1.54) is 10.6 Å². The number of nitrogens with zero attached hydrogens (tertiary/aromatic N) is 2. The number of rotatable bonds is 14. The number of sulfonamides is 1. The summed E-state index contributed by atoms with van der Waals surface area (Å²) < 4.78 is 26.6. The Labute approximate surface area is 249 Å². The molecule has 0 aliphatic carbocycles. The maximum Gasteiger partial charge on any atom is 0.243 e. The Hall–Kier alpha value is -3.36. The van der Waals surface area contributed by atoms with Crippen molar-refractivity contribution in [1.82, 2.24) is 10.2 Å². The van der Waals surface area contributed by atoms with Gasteiger partial charge in [0.25, 0.3) is 0 Å². The van der Waals surface area contributed by atoms with Crippen LogP contribution in [0.4, 0.5) is 5.69 Å². The number of anilines is 1. The van der Waals surface area contributed by atoms with Crippen LogP contribution in [0.3, 0.4) is 0 Å². The molecule has 2 amide bonds. The lowest BCUT2D eigenvalue weighted by Gasteiger charge is -2.32. The van der Waals surface area contributed by atoms with Gasteiger partial charge in [0.15, 0.2) is 0 Å². The van der Waals surface area contributed by atoms with Crippen molar-refractivity contribution in [3.63, 3.8) is 0 Å². The number of aryl methyl sites for hydroxylation is 1. The van der Waals surface area contributed by atoms with E-state index in [1.54, 1.807) is 23.1 Å². The van der Waals surface area contributed by atoms with Crippen LogP contribution in [-0.4, -0.2) is 50.0 Å². The van der Waals surface area contributed by atoms with E-state index in [-0.39, 0.29) is 37.4 Å². The first-order valence-corrected chi connectivity index (χ1v) is 16.1. The molecule has 0 aromatic heterocycles. The zero-order chi connectivity index (χ0) is 30.0. The Kier molecular flexibility index (Phi) is 11.8. The van der Waals surface area contributed by atoms with Crippen molar-refractivity contribution in [3.8, 4) is 0 Å². The third kappa shape index (κ3) is 9.90. The van der Waals surface area contributed by atoms with Crippen LogP contribution in [0.25, 0.3) is 0 Å². The number of carbonyl (C=O) groups excluding carboxylic acids is 2. The SMILES string of the molecule is CC[C@@H](C)NC(=O)[C@@H](Cc1ccccc1)N(Cc1ccc(Cl)cc1)C(=O)CCCN(c1cccc(C)c1)S(C)(=O)=O. The highest BCUT2D eigenvalue weighted by atomic mass is 35.5. The number of nitrogens with one attached hydrogen (secondary N) is 1. The van der Waals surface area contributed by atoms with E-state index in [2.05, 4.69) is 5.32 Å². The van der Waals surface area contributed by atoms with Gasteiger partial charge in [-0.2, -0.15) is 0 Å². The van der Waals surface area contributed by atoms with E-state index in [9.17, 15) is 18.0 Å². The van der Waals surface area contributed by atoms with E-state index >= 15 is 0 Å². The van der Waals surface area contributed by atoms with Crippen LogP contribution in [-0.2, 0) is 32.6 Å². The predicted molar refractivity (Wildman–Crippen MR) is 166 cm³/mol. The summed E-state index contributed by atoms with van der Waals surface area (Å²) in [5, 5.41) is 3.64.